The predicted octanol–water partition coefficient (Wildman–Crippen LogP) is 1.28. The van der Waals surface area contributed by atoms with Gasteiger partial charge < -0.3 is 11.1 Å². The molecule has 0 spiro atoms. The minimum atomic E-state index is 0.209. The molecule has 3 N–H and O–H groups in total. The maximum Gasteiger partial charge on any atom is 0.220 e. The average molecular weight is 198 g/mol. The number of carbonyl (C=O) groups is 1. The van der Waals surface area contributed by atoms with Gasteiger partial charge in [-0.1, -0.05) is 6.92 Å². The van der Waals surface area contributed by atoms with Crippen molar-refractivity contribution in [1.82, 2.24) is 5.32 Å². The molecule has 0 aromatic carbocycles. The molecule has 3 nitrogen and oxygen atoms in total. The second kappa shape index (κ2) is 6.02. The van der Waals surface area contributed by atoms with Crippen LogP contribution in [0.5, 0.6) is 0 Å². The van der Waals surface area contributed by atoms with E-state index in [0.29, 0.717) is 12.3 Å². The molecule has 0 heterocycles. The summed E-state index contributed by atoms with van der Waals surface area (Å²) in [6.07, 6.45) is 5.24. The maximum absolute atomic E-state index is 11.3. The summed E-state index contributed by atoms with van der Waals surface area (Å²) in [7, 11) is 0. The molecular weight excluding hydrogens is 176 g/mol. The van der Waals surface area contributed by atoms with Gasteiger partial charge >= 0.3 is 0 Å². The van der Waals surface area contributed by atoms with Crippen LogP contribution in [0.2, 0.25) is 0 Å². The van der Waals surface area contributed by atoms with Crippen molar-refractivity contribution in [1.29, 1.82) is 0 Å². The van der Waals surface area contributed by atoms with E-state index in [1.165, 1.54) is 12.8 Å². The van der Waals surface area contributed by atoms with Crippen LogP contribution in [0.15, 0.2) is 0 Å². The molecule has 1 fully saturated rings. The Labute approximate surface area is 86.4 Å². The summed E-state index contributed by atoms with van der Waals surface area (Å²) in [4.78, 5) is 11.3. The van der Waals surface area contributed by atoms with Gasteiger partial charge in [0.05, 0.1) is 0 Å². The first kappa shape index (κ1) is 11.5. The first-order chi connectivity index (χ1) is 6.72. The summed E-state index contributed by atoms with van der Waals surface area (Å²) in [5.41, 5.74) is 5.44. The SMILES string of the molecule is CC(CCN)CCC(=O)NCC1CC1. The van der Waals surface area contributed by atoms with Gasteiger partial charge in [-0.2, -0.15) is 0 Å². The van der Waals surface area contributed by atoms with Crippen molar-refractivity contribution in [2.24, 2.45) is 17.6 Å². The van der Waals surface area contributed by atoms with Gasteiger partial charge in [0.15, 0.2) is 0 Å². The molecule has 3 heteroatoms. The van der Waals surface area contributed by atoms with E-state index in [2.05, 4.69) is 12.2 Å². The zero-order valence-corrected chi connectivity index (χ0v) is 9.09. The Kier molecular flexibility index (Phi) is 4.94. The van der Waals surface area contributed by atoms with Gasteiger partial charge in [0.25, 0.3) is 0 Å². The van der Waals surface area contributed by atoms with Gasteiger partial charge in [-0.25, -0.2) is 0 Å². The molecule has 1 atom stereocenters. The Hall–Kier alpha value is -0.570. The molecule has 0 aromatic rings. The van der Waals surface area contributed by atoms with Gasteiger partial charge in [-0.15, -0.1) is 0 Å². The molecular formula is C11H22N2O. The lowest BCUT2D eigenvalue weighted by Gasteiger charge is -2.09. The van der Waals surface area contributed by atoms with Crippen molar-refractivity contribution in [3.05, 3.63) is 0 Å². The number of nitrogens with one attached hydrogen (secondary N) is 1. The molecule has 0 aliphatic heterocycles. The Morgan fingerprint density at radius 1 is 1.50 bits per heavy atom. The largest absolute Gasteiger partial charge is 0.356 e. The number of amides is 1. The smallest absolute Gasteiger partial charge is 0.220 e. The van der Waals surface area contributed by atoms with E-state index >= 15 is 0 Å². The van der Waals surface area contributed by atoms with Crippen LogP contribution >= 0.6 is 0 Å². The third kappa shape index (κ3) is 5.22. The highest BCUT2D eigenvalue weighted by molar-refractivity contribution is 5.75. The van der Waals surface area contributed by atoms with Crippen LogP contribution in [-0.2, 0) is 4.79 Å². The lowest BCUT2D eigenvalue weighted by atomic mass is 10.0. The van der Waals surface area contributed by atoms with Crippen LogP contribution in [0.1, 0.15) is 39.0 Å². The predicted molar refractivity (Wildman–Crippen MR) is 57.8 cm³/mol. The third-order valence-electron chi connectivity index (χ3n) is 2.81. The molecule has 1 rings (SSSR count). The number of hydrogen-bond acceptors (Lipinski definition) is 2. The number of rotatable bonds is 7. The van der Waals surface area contributed by atoms with Crippen LogP contribution in [0.25, 0.3) is 0 Å². The molecule has 0 bridgehead atoms. The van der Waals surface area contributed by atoms with E-state index < -0.39 is 0 Å². The van der Waals surface area contributed by atoms with Crippen LogP contribution in [0.4, 0.5) is 0 Å². The van der Waals surface area contributed by atoms with Gasteiger partial charge in [0.1, 0.15) is 0 Å². The minimum Gasteiger partial charge on any atom is -0.356 e. The number of hydrogen-bond donors (Lipinski definition) is 2. The molecule has 1 unspecified atom stereocenters. The van der Waals surface area contributed by atoms with Crippen LogP contribution in [0.3, 0.4) is 0 Å². The fraction of sp³-hybridized carbons (Fsp3) is 0.909. The second-order valence-corrected chi connectivity index (χ2v) is 4.47. The van der Waals surface area contributed by atoms with Gasteiger partial charge in [0.2, 0.25) is 5.91 Å². The maximum atomic E-state index is 11.3. The van der Waals surface area contributed by atoms with Crippen molar-refractivity contribution in [3.63, 3.8) is 0 Å². The van der Waals surface area contributed by atoms with Crippen molar-refractivity contribution in [3.8, 4) is 0 Å². The van der Waals surface area contributed by atoms with E-state index in [-0.39, 0.29) is 5.91 Å². The lowest BCUT2D eigenvalue weighted by molar-refractivity contribution is -0.121. The topological polar surface area (TPSA) is 55.1 Å². The van der Waals surface area contributed by atoms with Crippen molar-refractivity contribution in [2.75, 3.05) is 13.1 Å². The Bertz CT molecular complexity index is 178. The average Bonchev–Trinajstić information content (AvgIpc) is 2.95. The first-order valence-corrected chi connectivity index (χ1v) is 5.69. The van der Waals surface area contributed by atoms with Crippen molar-refractivity contribution in [2.45, 2.75) is 39.0 Å². The Balaban J connectivity index is 1.95. The highest BCUT2D eigenvalue weighted by Crippen LogP contribution is 2.27. The van der Waals surface area contributed by atoms with E-state index in [1.807, 2.05) is 0 Å². The molecule has 82 valence electrons. The minimum absolute atomic E-state index is 0.209. The third-order valence-corrected chi connectivity index (χ3v) is 2.81. The van der Waals surface area contributed by atoms with E-state index in [1.54, 1.807) is 0 Å². The highest BCUT2D eigenvalue weighted by atomic mass is 16.1. The van der Waals surface area contributed by atoms with Crippen LogP contribution in [-0.4, -0.2) is 19.0 Å². The molecule has 1 aliphatic rings. The molecule has 1 saturated carbocycles. The number of nitrogens with two attached hydrogens (primary N) is 1. The molecule has 1 amide bonds. The fourth-order valence-electron chi connectivity index (χ4n) is 1.47. The Morgan fingerprint density at radius 2 is 2.21 bits per heavy atom. The van der Waals surface area contributed by atoms with Crippen LogP contribution < -0.4 is 11.1 Å². The summed E-state index contributed by atoms with van der Waals surface area (Å²) in [6.45, 7) is 3.77. The summed E-state index contributed by atoms with van der Waals surface area (Å²) in [5, 5.41) is 2.97. The summed E-state index contributed by atoms with van der Waals surface area (Å²) in [6, 6.07) is 0. The van der Waals surface area contributed by atoms with Crippen LogP contribution in [0, 0.1) is 11.8 Å². The van der Waals surface area contributed by atoms with Gasteiger partial charge in [0, 0.05) is 13.0 Å². The molecule has 1 aliphatic carbocycles. The monoisotopic (exact) mass is 198 g/mol. The highest BCUT2D eigenvalue weighted by Gasteiger charge is 2.21. The van der Waals surface area contributed by atoms with Gasteiger partial charge in [-0.3, -0.25) is 4.79 Å². The molecule has 0 radical (unpaired) electrons. The summed E-state index contributed by atoms with van der Waals surface area (Å²) >= 11 is 0. The van der Waals surface area contributed by atoms with E-state index in [0.717, 1.165) is 31.8 Å². The molecule has 14 heavy (non-hydrogen) atoms. The van der Waals surface area contributed by atoms with Gasteiger partial charge in [-0.05, 0) is 44.1 Å². The summed E-state index contributed by atoms with van der Waals surface area (Å²) in [5.74, 6) is 1.56. The summed E-state index contributed by atoms with van der Waals surface area (Å²) < 4.78 is 0. The van der Waals surface area contributed by atoms with Crippen molar-refractivity contribution >= 4 is 5.91 Å². The zero-order valence-electron chi connectivity index (χ0n) is 9.09. The zero-order chi connectivity index (χ0) is 10.4. The van der Waals surface area contributed by atoms with Crippen molar-refractivity contribution < 1.29 is 4.79 Å². The quantitative estimate of drug-likeness (QED) is 0.647. The van der Waals surface area contributed by atoms with E-state index in [4.69, 9.17) is 5.73 Å². The second-order valence-electron chi connectivity index (χ2n) is 4.47. The normalized spacial score (nSPS) is 17.9. The fourth-order valence-corrected chi connectivity index (χ4v) is 1.47. The molecule has 0 aromatic heterocycles. The Morgan fingerprint density at radius 3 is 2.79 bits per heavy atom. The first-order valence-electron chi connectivity index (χ1n) is 5.69. The molecule has 0 saturated heterocycles. The number of carbonyl (C=O) groups excluding carboxylic acids is 1. The lowest BCUT2D eigenvalue weighted by Crippen LogP contribution is -2.25. The standard InChI is InChI=1S/C11H22N2O/c1-9(6-7-12)2-5-11(14)13-8-10-3-4-10/h9-10H,2-8,12H2,1H3,(H,13,14). The van der Waals surface area contributed by atoms with E-state index in [9.17, 15) is 4.79 Å².